The number of carboxylic acids is 1. The van der Waals surface area contributed by atoms with E-state index >= 15 is 0 Å². The highest BCUT2D eigenvalue weighted by Crippen LogP contribution is 2.44. The summed E-state index contributed by atoms with van der Waals surface area (Å²) in [5, 5.41) is 9.05. The van der Waals surface area contributed by atoms with Gasteiger partial charge in [-0.3, -0.25) is 4.79 Å². The first-order chi connectivity index (χ1) is 8.40. The van der Waals surface area contributed by atoms with E-state index in [2.05, 4.69) is 11.1 Å². The molecule has 0 unspecified atom stereocenters. The molecule has 18 heavy (non-hydrogen) atoms. The smallest absolute Gasteiger partial charge is 0.312 e. The zero-order chi connectivity index (χ0) is 13.3. The molecular formula is C14H19NO3. The normalized spacial score (nSPS) is 15.5. The van der Waals surface area contributed by atoms with Gasteiger partial charge >= 0.3 is 5.97 Å². The van der Waals surface area contributed by atoms with Gasteiger partial charge in [-0.1, -0.05) is 0 Å². The van der Waals surface area contributed by atoms with Crippen molar-refractivity contribution in [1.82, 2.24) is 4.98 Å². The summed E-state index contributed by atoms with van der Waals surface area (Å²) in [7, 11) is 0. The Labute approximate surface area is 107 Å². The van der Waals surface area contributed by atoms with E-state index in [1.54, 1.807) is 20.0 Å². The van der Waals surface area contributed by atoms with Crippen molar-refractivity contribution in [3.05, 3.63) is 23.4 Å². The van der Waals surface area contributed by atoms with E-state index in [4.69, 9.17) is 9.84 Å². The molecule has 0 spiro atoms. The molecule has 2 rings (SSSR count). The molecule has 4 heteroatoms. The van der Waals surface area contributed by atoms with Crippen LogP contribution in [-0.2, 0) is 4.79 Å². The molecule has 1 aromatic rings. The summed E-state index contributed by atoms with van der Waals surface area (Å²) in [6.45, 7) is 5.45. The van der Waals surface area contributed by atoms with Gasteiger partial charge in [0.25, 0.3) is 0 Å². The second kappa shape index (κ2) is 4.59. The highest BCUT2D eigenvalue weighted by Gasteiger charge is 2.31. The number of hydrogen-bond donors (Lipinski definition) is 1. The van der Waals surface area contributed by atoms with Crippen LogP contribution < -0.4 is 4.74 Å². The molecule has 0 radical (unpaired) electrons. The van der Waals surface area contributed by atoms with E-state index in [1.165, 1.54) is 12.8 Å². The molecule has 0 saturated heterocycles. The number of carboxylic acid groups (broad SMARTS) is 1. The van der Waals surface area contributed by atoms with Crippen LogP contribution in [0.25, 0.3) is 0 Å². The molecule has 0 atom stereocenters. The Bertz CT molecular complexity index is 464. The molecule has 98 valence electrons. The first-order valence-electron chi connectivity index (χ1n) is 6.23. The maximum atomic E-state index is 11.0. The summed E-state index contributed by atoms with van der Waals surface area (Å²) in [6.07, 6.45) is 4.10. The minimum absolute atomic E-state index is 0.137. The molecular weight excluding hydrogens is 230 g/mol. The summed E-state index contributed by atoms with van der Waals surface area (Å²) in [4.78, 5) is 15.3. The van der Waals surface area contributed by atoms with Gasteiger partial charge in [-0.15, -0.1) is 0 Å². The van der Waals surface area contributed by atoms with Gasteiger partial charge in [0.05, 0.1) is 5.41 Å². The van der Waals surface area contributed by atoms with Gasteiger partial charge in [0, 0.05) is 11.8 Å². The number of aryl methyl sites for hydroxylation is 1. The first-order valence-corrected chi connectivity index (χ1v) is 6.23. The summed E-state index contributed by atoms with van der Waals surface area (Å²) < 4.78 is 5.63. The van der Waals surface area contributed by atoms with E-state index in [9.17, 15) is 4.79 Å². The third-order valence-electron chi connectivity index (χ3n) is 3.18. The summed E-state index contributed by atoms with van der Waals surface area (Å²) >= 11 is 0. The maximum Gasteiger partial charge on any atom is 0.312 e. The number of aliphatic carboxylic acids is 1. The van der Waals surface area contributed by atoms with Gasteiger partial charge in [0.1, 0.15) is 6.61 Å². The van der Waals surface area contributed by atoms with Crippen LogP contribution in [0.15, 0.2) is 12.3 Å². The maximum absolute atomic E-state index is 11.0. The Morgan fingerprint density at radius 2 is 2.22 bits per heavy atom. The minimum Gasteiger partial charge on any atom is -0.481 e. The Hall–Kier alpha value is -1.58. The SMILES string of the molecule is Cc1cnc(OCC(C)(C)C(=O)O)c(C2CC2)c1. The second-order valence-electron chi connectivity index (χ2n) is 5.66. The van der Waals surface area contributed by atoms with Crippen LogP contribution in [0.1, 0.15) is 43.7 Å². The average Bonchev–Trinajstić information content (AvgIpc) is 3.11. The van der Waals surface area contributed by atoms with E-state index in [1.807, 2.05) is 6.92 Å². The second-order valence-corrected chi connectivity index (χ2v) is 5.66. The van der Waals surface area contributed by atoms with Crippen molar-refractivity contribution in [2.24, 2.45) is 5.41 Å². The van der Waals surface area contributed by atoms with Crippen molar-refractivity contribution >= 4 is 5.97 Å². The number of carbonyl (C=O) groups is 1. The van der Waals surface area contributed by atoms with E-state index in [0.717, 1.165) is 11.1 Å². The monoisotopic (exact) mass is 249 g/mol. The van der Waals surface area contributed by atoms with Crippen LogP contribution in [0.5, 0.6) is 5.88 Å². The molecule has 1 aliphatic rings. The third kappa shape index (κ3) is 2.81. The van der Waals surface area contributed by atoms with E-state index < -0.39 is 11.4 Å². The molecule has 1 fully saturated rings. The summed E-state index contributed by atoms with van der Waals surface area (Å²) in [5.41, 5.74) is 1.34. The van der Waals surface area contributed by atoms with Crippen molar-refractivity contribution < 1.29 is 14.6 Å². The molecule has 0 amide bonds. The Morgan fingerprint density at radius 3 is 2.78 bits per heavy atom. The van der Waals surface area contributed by atoms with Crippen LogP contribution in [0.4, 0.5) is 0 Å². The van der Waals surface area contributed by atoms with E-state index in [-0.39, 0.29) is 6.61 Å². The van der Waals surface area contributed by atoms with Crippen molar-refractivity contribution in [1.29, 1.82) is 0 Å². The summed E-state index contributed by atoms with van der Waals surface area (Å²) in [6, 6.07) is 2.09. The van der Waals surface area contributed by atoms with Crippen LogP contribution in [0.3, 0.4) is 0 Å². The first kappa shape index (κ1) is 12.9. The number of aromatic nitrogens is 1. The molecule has 0 bridgehead atoms. The fourth-order valence-corrected chi connectivity index (χ4v) is 1.70. The zero-order valence-electron chi connectivity index (χ0n) is 11.1. The lowest BCUT2D eigenvalue weighted by Crippen LogP contribution is -2.31. The predicted molar refractivity (Wildman–Crippen MR) is 67.9 cm³/mol. The van der Waals surface area contributed by atoms with Gasteiger partial charge < -0.3 is 9.84 Å². The van der Waals surface area contributed by atoms with Crippen molar-refractivity contribution in [2.45, 2.75) is 39.5 Å². The van der Waals surface area contributed by atoms with Crippen LogP contribution in [0, 0.1) is 12.3 Å². The van der Waals surface area contributed by atoms with Gasteiger partial charge in [0.15, 0.2) is 0 Å². The van der Waals surface area contributed by atoms with Crippen molar-refractivity contribution in [3.8, 4) is 5.88 Å². The van der Waals surface area contributed by atoms with Gasteiger partial charge in [-0.05, 0) is 51.2 Å². The lowest BCUT2D eigenvalue weighted by atomic mass is 9.95. The molecule has 0 aromatic carbocycles. The topological polar surface area (TPSA) is 59.4 Å². The summed E-state index contributed by atoms with van der Waals surface area (Å²) in [5.74, 6) is 0.278. The van der Waals surface area contributed by atoms with Gasteiger partial charge in [0.2, 0.25) is 5.88 Å². The number of hydrogen-bond acceptors (Lipinski definition) is 3. The Kier molecular flexibility index (Phi) is 3.28. The Morgan fingerprint density at radius 1 is 1.56 bits per heavy atom. The average molecular weight is 249 g/mol. The fourth-order valence-electron chi connectivity index (χ4n) is 1.70. The van der Waals surface area contributed by atoms with Gasteiger partial charge in [-0.2, -0.15) is 0 Å². The highest BCUT2D eigenvalue weighted by atomic mass is 16.5. The minimum atomic E-state index is -0.895. The fraction of sp³-hybridized carbons (Fsp3) is 0.571. The zero-order valence-corrected chi connectivity index (χ0v) is 11.1. The molecule has 1 aliphatic carbocycles. The number of nitrogens with zero attached hydrogens (tertiary/aromatic N) is 1. The number of pyridine rings is 1. The Balaban J connectivity index is 2.12. The highest BCUT2D eigenvalue weighted by molar-refractivity contribution is 5.73. The molecule has 4 nitrogen and oxygen atoms in total. The van der Waals surface area contributed by atoms with Crippen LogP contribution in [0.2, 0.25) is 0 Å². The largest absolute Gasteiger partial charge is 0.481 e. The number of ether oxygens (including phenoxy) is 1. The lowest BCUT2D eigenvalue weighted by Gasteiger charge is -2.20. The number of rotatable bonds is 5. The third-order valence-corrected chi connectivity index (χ3v) is 3.18. The van der Waals surface area contributed by atoms with Crippen LogP contribution >= 0.6 is 0 Å². The van der Waals surface area contributed by atoms with E-state index in [0.29, 0.717) is 11.8 Å². The molecule has 1 heterocycles. The van der Waals surface area contributed by atoms with Crippen molar-refractivity contribution in [3.63, 3.8) is 0 Å². The standard InChI is InChI=1S/C14H19NO3/c1-9-6-11(10-4-5-10)12(15-7-9)18-8-14(2,3)13(16)17/h6-7,10H,4-5,8H2,1-3H3,(H,16,17). The van der Waals surface area contributed by atoms with Gasteiger partial charge in [-0.25, -0.2) is 4.98 Å². The quantitative estimate of drug-likeness (QED) is 0.871. The molecule has 1 N–H and O–H groups in total. The predicted octanol–water partition coefficient (Wildman–Crippen LogP) is 2.76. The molecule has 1 aromatic heterocycles. The lowest BCUT2D eigenvalue weighted by molar-refractivity contribution is -0.148. The molecule has 0 aliphatic heterocycles. The molecule has 1 saturated carbocycles. The van der Waals surface area contributed by atoms with Crippen LogP contribution in [-0.4, -0.2) is 22.7 Å². The van der Waals surface area contributed by atoms with Crippen molar-refractivity contribution in [2.75, 3.05) is 6.61 Å².